The zero-order valence-electron chi connectivity index (χ0n) is 28.3. The molecule has 1 spiro atoms. The van der Waals surface area contributed by atoms with E-state index in [0.29, 0.717) is 16.7 Å². The van der Waals surface area contributed by atoms with Crippen LogP contribution in [0.5, 0.6) is 11.5 Å². The fourth-order valence-electron chi connectivity index (χ4n) is 8.73. The summed E-state index contributed by atoms with van der Waals surface area (Å²) in [5.41, 5.74) is 7.82. The van der Waals surface area contributed by atoms with Crippen molar-refractivity contribution < 1.29 is 26.0 Å². The molecule has 9 heteroatoms. The van der Waals surface area contributed by atoms with Gasteiger partial charge in [0, 0.05) is 28.1 Å². The average molecular weight is 742 g/mol. The lowest BCUT2D eigenvalue weighted by atomic mass is 9.61. The molecule has 3 aliphatic rings. The summed E-state index contributed by atoms with van der Waals surface area (Å²) < 4.78 is 68.4. The summed E-state index contributed by atoms with van der Waals surface area (Å²) >= 11 is 0. The van der Waals surface area contributed by atoms with Gasteiger partial charge in [-0.3, -0.25) is 0 Å². The largest absolute Gasteiger partial charge is 0.464 e. The molecule has 0 fully saturated rings. The zero-order valence-corrected chi connectivity index (χ0v) is 29.9. The van der Waals surface area contributed by atoms with Crippen LogP contribution in [0.1, 0.15) is 22.3 Å². The van der Waals surface area contributed by atoms with Crippen LogP contribution in [0.3, 0.4) is 0 Å². The van der Waals surface area contributed by atoms with Crippen molar-refractivity contribution in [1.29, 1.82) is 0 Å². The Morgan fingerprint density at radius 3 is 1.61 bits per heavy atom. The predicted octanol–water partition coefficient (Wildman–Crippen LogP) is 10.4. The Kier molecular flexibility index (Phi) is 6.24. The Balaban J connectivity index is 1.21. The molecule has 0 N–H and O–H groups in total. The summed E-state index contributed by atoms with van der Waals surface area (Å²) in [5, 5.41) is 0.814. The van der Waals surface area contributed by atoms with Gasteiger partial charge in [0.05, 0.1) is 48.3 Å². The second kappa shape index (κ2) is 10.8. The zero-order chi connectivity index (χ0) is 36.4. The third kappa shape index (κ3) is 3.94. The molecule has 0 amide bonds. The van der Waals surface area contributed by atoms with Gasteiger partial charge in [-0.2, -0.15) is 0 Å². The summed E-state index contributed by atoms with van der Waals surface area (Å²) in [6.07, 6.45) is 1.63. The molecule has 0 saturated carbocycles. The van der Waals surface area contributed by atoms with Crippen molar-refractivity contribution in [2.45, 2.75) is 25.0 Å². The molecule has 0 bridgehead atoms. The SMILES string of the molecule is O=S1(=O)c2ccccc2S(=O)(=O)c2cc(-c3cc4ccoc4cc3N3c4ccccc4C4(c5ccccc5Oc5ccccc54)c4ccccc43)ccc21. The van der Waals surface area contributed by atoms with Crippen LogP contribution >= 0.6 is 0 Å². The highest BCUT2D eigenvalue weighted by atomic mass is 32.2. The fourth-order valence-corrected chi connectivity index (χ4v) is 12.9. The van der Waals surface area contributed by atoms with Crippen LogP contribution in [-0.4, -0.2) is 16.8 Å². The van der Waals surface area contributed by atoms with Gasteiger partial charge in [-0.05, 0) is 77.4 Å². The van der Waals surface area contributed by atoms with Crippen LogP contribution in [0.4, 0.5) is 17.1 Å². The quantitative estimate of drug-likeness (QED) is 0.174. The van der Waals surface area contributed by atoms with Crippen molar-refractivity contribution in [1.82, 2.24) is 0 Å². The van der Waals surface area contributed by atoms with Gasteiger partial charge < -0.3 is 14.1 Å². The van der Waals surface area contributed by atoms with Crippen LogP contribution in [0.2, 0.25) is 0 Å². The summed E-state index contributed by atoms with van der Waals surface area (Å²) in [7, 11) is -8.26. The standard InChI is InChI=1S/C45H27NO6S2/c47-53(48)41-19-9-10-20-42(41)54(49,50)44-26-28(21-22-43(44)53)30-25-29-23-24-51-40(29)27-37(30)46-35-15-5-1-11-31(35)45(32-12-2-6-16-36(32)46)33-13-3-7-17-38(33)52-39-18-8-4-14-34(39)45/h1-27H. The molecular formula is C45H27NO6S2. The molecule has 0 aliphatic carbocycles. The van der Waals surface area contributed by atoms with E-state index in [0.717, 1.165) is 56.2 Å². The molecule has 0 unspecified atom stereocenters. The van der Waals surface area contributed by atoms with Gasteiger partial charge in [-0.1, -0.05) is 91.0 Å². The Bertz CT molecular complexity index is 3050. The number of furan rings is 1. The predicted molar refractivity (Wildman–Crippen MR) is 206 cm³/mol. The van der Waals surface area contributed by atoms with Crippen molar-refractivity contribution in [3.05, 3.63) is 186 Å². The van der Waals surface area contributed by atoms with Crippen molar-refractivity contribution in [3.8, 4) is 22.6 Å². The van der Waals surface area contributed by atoms with Crippen molar-refractivity contribution >= 4 is 47.7 Å². The van der Waals surface area contributed by atoms with E-state index < -0.39 is 25.1 Å². The van der Waals surface area contributed by atoms with Crippen LogP contribution in [0.15, 0.2) is 188 Å². The topological polar surface area (TPSA) is 93.9 Å². The Morgan fingerprint density at radius 2 is 0.981 bits per heavy atom. The highest BCUT2D eigenvalue weighted by Gasteiger charge is 2.51. The lowest BCUT2D eigenvalue weighted by molar-refractivity contribution is 0.434. The maximum Gasteiger partial charge on any atom is 0.209 e. The van der Waals surface area contributed by atoms with E-state index in [-0.39, 0.29) is 19.6 Å². The molecule has 4 heterocycles. The highest BCUT2D eigenvalue weighted by Crippen LogP contribution is 2.63. The van der Waals surface area contributed by atoms with Gasteiger partial charge in [0.15, 0.2) is 0 Å². The Labute approximate surface area is 311 Å². The number of rotatable bonds is 2. The minimum absolute atomic E-state index is 0.211. The summed E-state index contributed by atoms with van der Waals surface area (Å²) in [4.78, 5) is 1.29. The summed E-state index contributed by atoms with van der Waals surface area (Å²) in [5.74, 6) is 1.55. The second-order valence-electron chi connectivity index (χ2n) is 13.7. The number of anilines is 3. The first kappa shape index (κ1) is 31.1. The molecule has 0 atom stereocenters. The number of benzene rings is 7. The maximum absolute atomic E-state index is 14.1. The molecule has 7 aromatic carbocycles. The van der Waals surface area contributed by atoms with E-state index in [1.165, 1.54) is 30.3 Å². The van der Waals surface area contributed by atoms with Crippen LogP contribution in [-0.2, 0) is 25.1 Å². The number of hydrogen-bond acceptors (Lipinski definition) is 7. The van der Waals surface area contributed by atoms with E-state index in [2.05, 4.69) is 53.4 Å². The third-order valence-electron chi connectivity index (χ3n) is 11.0. The van der Waals surface area contributed by atoms with E-state index in [4.69, 9.17) is 9.15 Å². The molecule has 3 aliphatic heterocycles. The molecule has 8 aromatic rings. The lowest BCUT2D eigenvalue weighted by Gasteiger charge is -2.48. The molecular weight excluding hydrogens is 715 g/mol. The van der Waals surface area contributed by atoms with E-state index in [1.807, 2.05) is 66.7 Å². The number of ether oxygens (including phenoxy) is 1. The molecule has 11 rings (SSSR count). The van der Waals surface area contributed by atoms with Crippen molar-refractivity contribution in [2.24, 2.45) is 0 Å². The molecule has 260 valence electrons. The number of nitrogens with zero attached hydrogens (tertiary/aromatic N) is 1. The third-order valence-corrected chi connectivity index (χ3v) is 15.0. The minimum atomic E-state index is -4.17. The lowest BCUT2D eigenvalue weighted by Crippen LogP contribution is -2.39. The first-order chi connectivity index (χ1) is 26.3. The number of hydrogen-bond donors (Lipinski definition) is 0. The summed E-state index contributed by atoms with van der Waals surface area (Å²) in [6.45, 7) is 0. The molecule has 54 heavy (non-hydrogen) atoms. The van der Waals surface area contributed by atoms with Crippen molar-refractivity contribution in [2.75, 3.05) is 4.90 Å². The Morgan fingerprint density at radius 1 is 0.463 bits per heavy atom. The van der Waals surface area contributed by atoms with E-state index in [1.54, 1.807) is 18.4 Å². The van der Waals surface area contributed by atoms with Gasteiger partial charge in [-0.15, -0.1) is 0 Å². The number of para-hydroxylation sites is 4. The van der Waals surface area contributed by atoms with Crippen LogP contribution in [0, 0.1) is 0 Å². The fraction of sp³-hybridized carbons (Fsp3) is 0.0222. The second-order valence-corrected chi connectivity index (χ2v) is 17.4. The maximum atomic E-state index is 14.1. The number of sulfone groups is 2. The highest BCUT2D eigenvalue weighted by molar-refractivity contribution is 7.97. The first-order valence-corrected chi connectivity index (χ1v) is 20.4. The van der Waals surface area contributed by atoms with Crippen LogP contribution in [0.25, 0.3) is 22.1 Å². The van der Waals surface area contributed by atoms with Gasteiger partial charge in [0.25, 0.3) is 0 Å². The normalized spacial score (nSPS) is 16.3. The number of fused-ring (bicyclic) bond motifs is 11. The average Bonchev–Trinajstić information content (AvgIpc) is 3.67. The van der Waals surface area contributed by atoms with E-state index >= 15 is 0 Å². The minimum Gasteiger partial charge on any atom is -0.464 e. The van der Waals surface area contributed by atoms with Gasteiger partial charge >= 0.3 is 0 Å². The monoisotopic (exact) mass is 741 g/mol. The molecule has 0 radical (unpaired) electrons. The van der Waals surface area contributed by atoms with E-state index in [9.17, 15) is 16.8 Å². The van der Waals surface area contributed by atoms with Crippen LogP contribution < -0.4 is 9.64 Å². The van der Waals surface area contributed by atoms with Gasteiger partial charge in [0.2, 0.25) is 19.7 Å². The molecule has 1 aromatic heterocycles. The Hall–Kier alpha value is -6.42. The van der Waals surface area contributed by atoms with Crippen molar-refractivity contribution in [3.63, 3.8) is 0 Å². The van der Waals surface area contributed by atoms with Gasteiger partial charge in [0.1, 0.15) is 17.1 Å². The molecule has 7 nitrogen and oxygen atoms in total. The van der Waals surface area contributed by atoms with Gasteiger partial charge in [-0.25, -0.2) is 16.8 Å². The first-order valence-electron chi connectivity index (χ1n) is 17.4. The summed E-state index contributed by atoms with van der Waals surface area (Å²) in [6, 6.07) is 49.2. The smallest absolute Gasteiger partial charge is 0.209 e. The molecule has 0 saturated heterocycles.